The van der Waals surface area contributed by atoms with Crippen molar-refractivity contribution in [1.82, 2.24) is 9.71 Å². The fraction of sp³-hybridized carbons (Fsp3) is 0.0476. The predicted molar refractivity (Wildman–Crippen MR) is 109 cm³/mol. The Morgan fingerprint density at radius 3 is 2.23 bits per heavy atom. The van der Waals surface area contributed by atoms with Gasteiger partial charge in [-0.05, 0) is 65.7 Å². The first-order valence-corrected chi connectivity index (χ1v) is 10.2. The number of halogens is 2. The number of rotatable bonds is 7. The molecule has 1 aromatic heterocycles. The normalized spacial score (nSPS) is 11.5. The van der Waals surface area contributed by atoms with E-state index < -0.39 is 21.7 Å². The maximum absolute atomic E-state index is 13.2. The van der Waals surface area contributed by atoms with Crippen LogP contribution in [0.2, 0.25) is 0 Å². The molecule has 0 aliphatic heterocycles. The van der Waals surface area contributed by atoms with Gasteiger partial charge in [0.05, 0.1) is 4.90 Å². The van der Waals surface area contributed by atoms with Gasteiger partial charge in [0.1, 0.15) is 11.6 Å². The molecule has 0 aliphatic rings. The van der Waals surface area contributed by atoms with Crippen molar-refractivity contribution in [2.75, 3.05) is 5.32 Å². The fourth-order valence-electron chi connectivity index (χ4n) is 2.52. The minimum atomic E-state index is -3.90. The largest absolute Gasteiger partial charge is 0.323 e. The lowest BCUT2D eigenvalue weighted by atomic mass is 10.2. The van der Waals surface area contributed by atoms with Crippen LogP contribution in [0.4, 0.5) is 14.5 Å². The molecule has 0 fully saturated rings. The molecule has 0 unspecified atom stereocenters. The summed E-state index contributed by atoms with van der Waals surface area (Å²) in [4.78, 5) is 15.8. The van der Waals surface area contributed by atoms with Gasteiger partial charge in [0.25, 0.3) is 0 Å². The first-order chi connectivity index (χ1) is 14.3. The number of aromatic nitrogens is 1. The highest BCUT2D eigenvalue weighted by molar-refractivity contribution is 7.89. The van der Waals surface area contributed by atoms with Crippen molar-refractivity contribution < 1.29 is 22.0 Å². The summed E-state index contributed by atoms with van der Waals surface area (Å²) in [6.07, 6.45) is 6.18. The average Bonchev–Trinajstić information content (AvgIpc) is 2.71. The number of nitrogens with one attached hydrogen (secondary N) is 2. The fourth-order valence-corrected chi connectivity index (χ4v) is 3.54. The molecule has 2 aromatic carbocycles. The Hall–Kier alpha value is -3.43. The summed E-state index contributed by atoms with van der Waals surface area (Å²) in [5.41, 5.74) is 1.37. The third kappa shape index (κ3) is 6.03. The van der Waals surface area contributed by atoms with Crippen molar-refractivity contribution in [3.05, 3.63) is 95.8 Å². The lowest BCUT2D eigenvalue weighted by Gasteiger charge is -2.08. The van der Waals surface area contributed by atoms with E-state index in [0.29, 0.717) is 11.8 Å². The molecular weight excluding hydrogens is 412 g/mol. The molecule has 6 nitrogen and oxygen atoms in total. The summed E-state index contributed by atoms with van der Waals surface area (Å²) in [6, 6.07) is 11.8. The van der Waals surface area contributed by atoms with Crippen LogP contribution < -0.4 is 10.0 Å². The molecule has 154 valence electrons. The van der Waals surface area contributed by atoms with Crippen LogP contribution in [0.1, 0.15) is 11.1 Å². The van der Waals surface area contributed by atoms with Crippen molar-refractivity contribution in [2.24, 2.45) is 0 Å². The van der Waals surface area contributed by atoms with Crippen LogP contribution in [0.25, 0.3) is 6.08 Å². The van der Waals surface area contributed by atoms with Crippen LogP contribution in [0.3, 0.4) is 0 Å². The van der Waals surface area contributed by atoms with Crippen molar-refractivity contribution in [1.29, 1.82) is 0 Å². The van der Waals surface area contributed by atoms with E-state index >= 15 is 0 Å². The number of anilines is 1. The standard InChI is InChI=1S/C21H17F2N3O3S/c22-17-11-16(12-18(23)13-17)14-25-30(28,29)20-4-2-19(3-5-20)26-21(27)6-1-15-7-9-24-10-8-15/h1-13,25H,14H2,(H,26,27)/b6-1+. The van der Waals surface area contributed by atoms with Crippen LogP contribution in [-0.2, 0) is 21.4 Å². The van der Waals surface area contributed by atoms with Crippen molar-refractivity contribution >= 4 is 27.7 Å². The third-order valence-corrected chi connectivity index (χ3v) is 5.37. The van der Waals surface area contributed by atoms with Crippen molar-refractivity contribution in [2.45, 2.75) is 11.4 Å². The smallest absolute Gasteiger partial charge is 0.248 e. The van der Waals surface area contributed by atoms with Gasteiger partial charge in [-0.2, -0.15) is 0 Å². The van der Waals surface area contributed by atoms with Gasteiger partial charge >= 0.3 is 0 Å². The van der Waals surface area contributed by atoms with E-state index in [2.05, 4.69) is 15.0 Å². The summed E-state index contributed by atoms with van der Waals surface area (Å²) >= 11 is 0. The molecule has 0 aliphatic carbocycles. The molecule has 0 saturated heterocycles. The molecule has 9 heteroatoms. The van der Waals surface area contributed by atoms with E-state index in [0.717, 1.165) is 17.7 Å². The second-order valence-corrected chi connectivity index (χ2v) is 8.00. The topological polar surface area (TPSA) is 88.2 Å². The van der Waals surface area contributed by atoms with Crippen LogP contribution in [-0.4, -0.2) is 19.3 Å². The Bertz CT molecular complexity index is 1150. The molecule has 3 aromatic rings. The highest BCUT2D eigenvalue weighted by Gasteiger charge is 2.14. The number of sulfonamides is 1. The van der Waals surface area contributed by atoms with Crippen LogP contribution in [0.15, 0.2) is 78.0 Å². The van der Waals surface area contributed by atoms with Gasteiger partial charge in [-0.15, -0.1) is 0 Å². The maximum atomic E-state index is 13.2. The molecule has 0 atom stereocenters. The van der Waals surface area contributed by atoms with Crippen molar-refractivity contribution in [3.8, 4) is 0 Å². The Morgan fingerprint density at radius 2 is 1.60 bits per heavy atom. The Balaban J connectivity index is 1.61. The molecule has 0 saturated carbocycles. The third-order valence-electron chi connectivity index (χ3n) is 3.95. The maximum Gasteiger partial charge on any atom is 0.248 e. The number of benzene rings is 2. The Kier molecular flexibility index (Phi) is 6.65. The zero-order chi connectivity index (χ0) is 21.6. The van der Waals surface area contributed by atoms with Crippen LogP contribution in [0, 0.1) is 11.6 Å². The molecule has 2 N–H and O–H groups in total. The summed E-state index contributed by atoms with van der Waals surface area (Å²) in [5.74, 6) is -1.96. The number of hydrogen-bond acceptors (Lipinski definition) is 4. The molecule has 1 amide bonds. The van der Waals surface area contributed by atoms with Gasteiger partial charge in [-0.1, -0.05) is 0 Å². The lowest BCUT2D eigenvalue weighted by Crippen LogP contribution is -2.23. The van der Waals surface area contributed by atoms with Gasteiger partial charge in [-0.3, -0.25) is 9.78 Å². The number of carbonyl (C=O) groups excluding carboxylic acids is 1. The Morgan fingerprint density at radius 1 is 0.967 bits per heavy atom. The van der Waals surface area contributed by atoms with Gasteiger partial charge in [0.15, 0.2) is 0 Å². The van der Waals surface area contributed by atoms with E-state index in [1.54, 1.807) is 30.6 Å². The van der Waals surface area contributed by atoms with E-state index in [1.165, 1.54) is 30.3 Å². The molecular formula is C21H17F2N3O3S. The highest BCUT2D eigenvalue weighted by atomic mass is 32.2. The minimum Gasteiger partial charge on any atom is -0.323 e. The molecule has 0 radical (unpaired) electrons. The lowest BCUT2D eigenvalue weighted by molar-refractivity contribution is -0.111. The number of pyridine rings is 1. The van der Waals surface area contributed by atoms with Gasteiger partial charge in [-0.25, -0.2) is 21.9 Å². The summed E-state index contributed by atoms with van der Waals surface area (Å²) < 4.78 is 53.4. The predicted octanol–water partition coefficient (Wildman–Crippen LogP) is 3.49. The molecule has 1 heterocycles. The molecule has 3 rings (SSSR count). The summed E-state index contributed by atoms with van der Waals surface area (Å²) in [6.45, 7) is -0.269. The molecule has 30 heavy (non-hydrogen) atoms. The SMILES string of the molecule is O=C(/C=C/c1ccncc1)Nc1ccc(S(=O)(=O)NCc2cc(F)cc(F)c2)cc1. The number of amides is 1. The zero-order valence-corrected chi connectivity index (χ0v) is 16.4. The van der Waals surface area contributed by atoms with Crippen LogP contribution in [0.5, 0.6) is 0 Å². The first-order valence-electron chi connectivity index (χ1n) is 8.76. The second-order valence-electron chi connectivity index (χ2n) is 6.23. The van der Waals surface area contributed by atoms with Crippen molar-refractivity contribution in [3.63, 3.8) is 0 Å². The highest BCUT2D eigenvalue weighted by Crippen LogP contribution is 2.15. The summed E-state index contributed by atoms with van der Waals surface area (Å²) in [5, 5.41) is 2.62. The number of hydrogen-bond donors (Lipinski definition) is 2. The zero-order valence-electron chi connectivity index (χ0n) is 15.5. The second kappa shape index (κ2) is 9.38. The number of nitrogens with zero attached hydrogens (tertiary/aromatic N) is 1. The average molecular weight is 429 g/mol. The monoisotopic (exact) mass is 429 g/mol. The summed E-state index contributed by atoms with van der Waals surface area (Å²) in [7, 11) is -3.90. The molecule has 0 spiro atoms. The van der Waals surface area contributed by atoms with Crippen LogP contribution >= 0.6 is 0 Å². The molecule has 0 bridgehead atoms. The number of carbonyl (C=O) groups is 1. The minimum absolute atomic E-state index is 0.0512. The van der Waals surface area contributed by atoms with Gasteiger partial charge in [0.2, 0.25) is 15.9 Å². The van der Waals surface area contributed by atoms with Gasteiger partial charge < -0.3 is 5.32 Å². The first kappa shape index (κ1) is 21.3. The van der Waals surface area contributed by atoms with Gasteiger partial charge in [0, 0.05) is 36.8 Å². The Labute approximate surface area is 172 Å². The van der Waals surface area contributed by atoms with E-state index in [4.69, 9.17) is 0 Å². The quantitative estimate of drug-likeness (QED) is 0.563. The van der Waals surface area contributed by atoms with E-state index in [1.807, 2.05) is 0 Å². The van der Waals surface area contributed by atoms with E-state index in [-0.39, 0.29) is 22.9 Å². The van der Waals surface area contributed by atoms with E-state index in [9.17, 15) is 22.0 Å².